The number of benzene rings is 2. The normalized spacial score (nSPS) is 10.3. The molecule has 0 unspecified atom stereocenters. The molecule has 23 heavy (non-hydrogen) atoms. The van der Waals surface area contributed by atoms with Crippen molar-refractivity contribution in [3.63, 3.8) is 0 Å². The van der Waals surface area contributed by atoms with Crippen LogP contribution < -0.4 is 10.6 Å². The van der Waals surface area contributed by atoms with Gasteiger partial charge in [-0.15, -0.1) is 11.3 Å². The van der Waals surface area contributed by atoms with Gasteiger partial charge in [0.2, 0.25) is 5.91 Å². The van der Waals surface area contributed by atoms with Gasteiger partial charge in [-0.25, -0.2) is 4.98 Å². The van der Waals surface area contributed by atoms with E-state index in [2.05, 4.69) is 15.6 Å². The number of thiazole rings is 1. The van der Waals surface area contributed by atoms with Crippen LogP contribution >= 0.6 is 11.3 Å². The summed E-state index contributed by atoms with van der Waals surface area (Å²) in [5.41, 5.74) is 3.38. The van der Waals surface area contributed by atoms with Gasteiger partial charge in [0.1, 0.15) is 5.75 Å². The zero-order chi connectivity index (χ0) is 16.2. The minimum Gasteiger partial charge on any atom is -0.508 e. The third kappa shape index (κ3) is 3.87. The van der Waals surface area contributed by atoms with Gasteiger partial charge in [-0.05, 0) is 36.4 Å². The first-order valence-electron chi connectivity index (χ1n) is 7.00. The fourth-order valence-electron chi connectivity index (χ4n) is 2.09. The molecule has 2 aromatic carbocycles. The number of amides is 1. The molecule has 116 valence electrons. The Kier molecular flexibility index (Phi) is 4.25. The Bertz CT molecular complexity index is 828. The SMILES string of the molecule is CC(=O)Nc1cccc(-c2csc(Nc3ccc(O)cc3)n2)c1. The highest BCUT2D eigenvalue weighted by Gasteiger charge is 2.06. The lowest BCUT2D eigenvalue weighted by Gasteiger charge is -2.04. The highest BCUT2D eigenvalue weighted by atomic mass is 32.1. The molecule has 3 rings (SSSR count). The fourth-order valence-corrected chi connectivity index (χ4v) is 2.83. The van der Waals surface area contributed by atoms with Crippen LogP contribution in [-0.2, 0) is 4.79 Å². The van der Waals surface area contributed by atoms with Crippen molar-refractivity contribution in [3.8, 4) is 17.0 Å². The maximum Gasteiger partial charge on any atom is 0.221 e. The fraction of sp³-hybridized carbons (Fsp3) is 0.0588. The van der Waals surface area contributed by atoms with Crippen molar-refractivity contribution < 1.29 is 9.90 Å². The van der Waals surface area contributed by atoms with Crippen molar-refractivity contribution in [1.29, 1.82) is 0 Å². The molecule has 0 radical (unpaired) electrons. The number of aromatic nitrogens is 1. The van der Waals surface area contributed by atoms with E-state index in [1.54, 1.807) is 24.3 Å². The van der Waals surface area contributed by atoms with E-state index in [1.807, 2.05) is 29.6 Å². The second-order valence-corrected chi connectivity index (χ2v) is 5.83. The number of phenols is 1. The summed E-state index contributed by atoms with van der Waals surface area (Å²) in [4.78, 5) is 15.7. The van der Waals surface area contributed by atoms with Crippen molar-refractivity contribution in [2.75, 3.05) is 10.6 Å². The zero-order valence-corrected chi connectivity index (χ0v) is 13.2. The van der Waals surface area contributed by atoms with Crippen LogP contribution in [0.4, 0.5) is 16.5 Å². The van der Waals surface area contributed by atoms with Crippen molar-refractivity contribution in [1.82, 2.24) is 4.98 Å². The maximum atomic E-state index is 11.1. The molecule has 3 aromatic rings. The number of carbonyl (C=O) groups excluding carboxylic acids is 1. The van der Waals surface area contributed by atoms with E-state index in [9.17, 15) is 9.90 Å². The monoisotopic (exact) mass is 325 g/mol. The molecule has 0 saturated heterocycles. The molecule has 0 spiro atoms. The molecule has 1 aromatic heterocycles. The zero-order valence-electron chi connectivity index (χ0n) is 12.4. The van der Waals surface area contributed by atoms with Crippen molar-refractivity contribution in [2.24, 2.45) is 0 Å². The van der Waals surface area contributed by atoms with Crippen LogP contribution in [0.15, 0.2) is 53.9 Å². The molecule has 3 N–H and O–H groups in total. The van der Waals surface area contributed by atoms with Gasteiger partial charge < -0.3 is 15.7 Å². The predicted octanol–water partition coefficient (Wildman–Crippen LogP) is 4.22. The summed E-state index contributed by atoms with van der Waals surface area (Å²) in [5.74, 6) is 0.125. The second kappa shape index (κ2) is 6.50. The van der Waals surface area contributed by atoms with Crippen LogP contribution in [-0.4, -0.2) is 16.0 Å². The van der Waals surface area contributed by atoms with Gasteiger partial charge in [0.25, 0.3) is 0 Å². The molecular formula is C17H15N3O2S. The molecule has 0 fully saturated rings. The van der Waals surface area contributed by atoms with E-state index in [-0.39, 0.29) is 11.7 Å². The minimum absolute atomic E-state index is 0.102. The van der Waals surface area contributed by atoms with Gasteiger partial charge in [0, 0.05) is 29.2 Å². The van der Waals surface area contributed by atoms with Crippen LogP contribution in [0.5, 0.6) is 5.75 Å². The van der Waals surface area contributed by atoms with Gasteiger partial charge in [-0.2, -0.15) is 0 Å². The topological polar surface area (TPSA) is 74.2 Å². The molecule has 0 aliphatic heterocycles. The lowest BCUT2D eigenvalue weighted by molar-refractivity contribution is -0.114. The van der Waals surface area contributed by atoms with E-state index < -0.39 is 0 Å². The van der Waals surface area contributed by atoms with Crippen LogP contribution in [0.25, 0.3) is 11.3 Å². The van der Waals surface area contributed by atoms with E-state index in [0.717, 1.165) is 27.8 Å². The third-order valence-corrected chi connectivity index (χ3v) is 3.86. The first-order valence-corrected chi connectivity index (χ1v) is 7.88. The van der Waals surface area contributed by atoms with Gasteiger partial charge in [0.15, 0.2) is 5.13 Å². The third-order valence-electron chi connectivity index (χ3n) is 3.10. The lowest BCUT2D eigenvalue weighted by atomic mass is 10.1. The van der Waals surface area contributed by atoms with E-state index in [0.29, 0.717) is 0 Å². The summed E-state index contributed by atoms with van der Waals surface area (Å²) in [6, 6.07) is 14.4. The van der Waals surface area contributed by atoms with E-state index in [4.69, 9.17) is 0 Å². The van der Waals surface area contributed by atoms with Gasteiger partial charge in [-0.1, -0.05) is 12.1 Å². The number of nitrogens with one attached hydrogen (secondary N) is 2. The molecule has 0 saturated carbocycles. The van der Waals surface area contributed by atoms with Crippen LogP contribution in [0.2, 0.25) is 0 Å². The number of aromatic hydroxyl groups is 1. The van der Waals surface area contributed by atoms with Crippen LogP contribution in [0.1, 0.15) is 6.92 Å². The minimum atomic E-state index is -0.102. The summed E-state index contributed by atoms with van der Waals surface area (Å²) in [7, 11) is 0. The molecule has 0 bridgehead atoms. The summed E-state index contributed by atoms with van der Waals surface area (Å²) in [5, 5.41) is 18.0. The van der Waals surface area contributed by atoms with Crippen molar-refractivity contribution in [2.45, 2.75) is 6.92 Å². The van der Waals surface area contributed by atoms with Gasteiger partial charge >= 0.3 is 0 Å². The summed E-state index contributed by atoms with van der Waals surface area (Å²) in [6.45, 7) is 1.48. The van der Waals surface area contributed by atoms with Gasteiger partial charge in [0.05, 0.1) is 5.69 Å². The molecule has 6 heteroatoms. The highest BCUT2D eigenvalue weighted by molar-refractivity contribution is 7.14. The number of anilines is 3. The summed E-state index contributed by atoms with van der Waals surface area (Å²) < 4.78 is 0. The van der Waals surface area contributed by atoms with E-state index in [1.165, 1.54) is 18.3 Å². The Morgan fingerprint density at radius 3 is 2.65 bits per heavy atom. The average Bonchev–Trinajstić information content (AvgIpc) is 2.98. The molecule has 1 heterocycles. The number of carbonyl (C=O) groups is 1. The van der Waals surface area contributed by atoms with Gasteiger partial charge in [-0.3, -0.25) is 4.79 Å². The Labute approximate surface area is 137 Å². The van der Waals surface area contributed by atoms with Crippen molar-refractivity contribution in [3.05, 3.63) is 53.9 Å². The Hall–Kier alpha value is -2.86. The van der Waals surface area contributed by atoms with Crippen LogP contribution in [0.3, 0.4) is 0 Å². The number of rotatable bonds is 4. The average molecular weight is 325 g/mol. The molecule has 0 atom stereocenters. The highest BCUT2D eigenvalue weighted by Crippen LogP contribution is 2.29. The number of phenolic OH excluding ortho intramolecular Hbond substituents is 1. The number of hydrogen-bond donors (Lipinski definition) is 3. The molecule has 5 nitrogen and oxygen atoms in total. The molecular weight excluding hydrogens is 310 g/mol. The maximum absolute atomic E-state index is 11.1. The predicted molar refractivity (Wildman–Crippen MR) is 93.2 cm³/mol. The Morgan fingerprint density at radius 2 is 1.91 bits per heavy atom. The molecule has 1 amide bonds. The summed E-state index contributed by atoms with van der Waals surface area (Å²) >= 11 is 1.49. The standard InChI is InChI=1S/C17H15N3O2S/c1-11(21)18-14-4-2-3-12(9-14)16-10-23-17(20-16)19-13-5-7-15(22)8-6-13/h2-10,22H,1H3,(H,18,21)(H,19,20). The quantitative estimate of drug-likeness (QED) is 0.628. The second-order valence-electron chi connectivity index (χ2n) is 4.97. The summed E-state index contributed by atoms with van der Waals surface area (Å²) in [6.07, 6.45) is 0. The number of nitrogens with zero attached hydrogens (tertiary/aromatic N) is 1. The Balaban J connectivity index is 1.78. The molecule has 0 aliphatic rings. The molecule has 0 aliphatic carbocycles. The van der Waals surface area contributed by atoms with E-state index >= 15 is 0 Å². The van der Waals surface area contributed by atoms with Crippen molar-refractivity contribution >= 4 is 33.8 Å². The Morgan fingerprint density at radius 1 is 1.13 bits per heavy atom. The first-order chi connectivity index (χ1) is 11.1. The lowest BCUT2D eigenvalue weighted by Crippen LogP contribution is -2.05. The number of hydrogen-bond acceptors (Lipinski definition) is 5. The first kappa shape index (κ1) is 15.1. The largest absolute Gasteiger partial charge is 0.508 e. The smallest absolute Gasteiger partial charge is 0.221 e. The van der Waals surface area contributed by atoms with Crippen LogP contribution in [0, 0.1) is 0 Å².